The van der Waals surface area contributed by atoms with Crippen molar-refractivity contribution in [3.8, 4) is 22.3 Å². The molecule has 0 saturated heterocycles. The summed E-state index contributed by atoms with van der Waals surface area (Å²) in [4.78, 5) is 54.2. The molecule has 2 unspecified atom stereocenters. The minimum atomic E-state index is -0.663. The normalized spacial score (nSPS) is 18.8. The number of carboxylic acids is 1. The van der Waals surface area contributed by atoms with Gasteiger partial charge in [-0.15, -0.1) is 0 Å². The number of fused-ring (bicyclic) bond motifs is 6. The molecule has 4 aromatic rings. The van der Waals surface area contributed by atoms with E-state index in [1.807, 2.05) is 92.0 Å². The van der Waals surface area contributed by atoms with Crippen molar-refractivity contribution in [2.24, 2.45) is 28.4 Å². The first-order chi connectivity index (χ1) is 31.2. The van der Waals surface area contributed by atoms with Crippen LogP contribution in [0.25, 0.3) is 22.3 Å². The standard InChI is InChI=1S/C28H36N2O2.C15H14N2O.C13H24O2.CH4/c1-20(2)12-8-9-17-28(18-10-11-19-28)27(32)29-25-23-15-5-4-13-21(23)22-14-6-7-16-24(22)30(3)26(25)31;1-17-13-9-5-4-7-11(13)10-6-2-3-8-12(10)14(16)15(17)18;1-11(2)7-3-4-8-13(12(14)15)9-5-6-10-13;/h4-7,13-16,20,25H,8-12,17-19H2,1-3H3,(H,29,32);2-9,14H,16H2,1H3;11H,3-10H2,1-2H3,(H,14,15);1H4. The molecule has 2 aliphatic carbocycles. The number of amides is 3. The number of aliphatic carboxylic acids is 1. The Morgan fingerprint density at radius 2 is 1.00 bits per heavy atom. The Morgan fingerprint density at radius 3 is 1.48 bits per heavy atom. The minimum absolute atomic E-state index is 0. The number of nitrogens with zero attached hydrogens (tertiary/aromatic N) is 2. The van der Waals surface area contributed by atoms with E-state index in [1.54, 1.807) is 16.8 Å². The van der Waals surface area contributed by atoms with Gasteiger partial charge in [-0.2, -0.15) is 0 Å². The topological polar surface area (TPSA) is 133 Å². The van der Waals surface area contributed by atoms with Gasteiger partial charge in [-0.3, -0.25) is 19.2 Å². The molecule has 0 radical (unpaired) electrons. The number of nitrogens with one attached hydrogen (secondary N) is 1. The lowest BCUT2D eigenvalue weighted by atomic mass is 9.79. The summed E-state index contributed by atoms with van der Waals surface area (Å²) in [5.41, 5.74) is 13.1. The summed E-state index contributed by atoms with van der Waals surface area (Å²) in [5.74, 6) is 0.794. The van der Waals surface area contributed by atoms with Crippen LogP contribution >= 0.6 is 0 Å². The van der Waals surface area contributed by atoms with Crippen molar-refractivity contribution < 1.29 is 24.3 Å². The monoisotopic (exact) mass is 899 g/mol. The molecule has 0 bridgehead atoms. The highest BCUT2D eigenvalue weighted by Crippen LogP contribution is 2.46. The molecule has 3 amide bonds. The largest absolute Gasteiger partial charge is 0.481 e. The number of anilines is 2. The van der Waals surface area contributed by atoms with Crippen molar-refractivity contribution in [3.63, 3.8) is 0 Å². The fourth-order valence-corrected chi connectivity index (χ4v) is 10.6. The molecule has 2 saturated carbocycles. The maximum absolute atomic E-state index is 13.7. The maximum atomic E-state index is 13.7. The SMILES string of the molecule is C.CC(C)CCCCC1(C(=O)NC2C(=O)N(C)c3ccccc3-c3ccccc32)CCCC1.CC(C)CCCCC1(C(=O)O)CCCC1.CN1C(=O)C(N)c2ccccc2-c2ccccc21. The van der Waals surface area contributed by atoms with E-state index in [0.29, 0.717) is 5.92 Å². The molecule has 4 N–H and O–H groups in total. The lowest BCUT2D eigenvalue weighted by molar-refractivity contribution is -0.149. The zero-order valence-corrected chi connectivity index (χ0v) is 39.9. The summed E-state index contributed by atoms with van der Waals surface area (Å²) in [6.07, 6.45) is 16.8. The third kappa shape index (κ3) is 11.8. The number of hydrogen-bond donors (Lipinski definition) is 3. The highest BCUT2D eigenvalue weighted by molar-refractivity contribution is 6.06. The van der Waals surface area contributed by atoms with Crippen LogP contribution in [0.15, 0.2) is 97.1 Å². The molecule has 356 valence electrons. The fraction of sp³-hybridized carbons (Fsp3) is 0.509. The van der Waals surface area contributed by atoms with Crippen LogP contribution in [0, 0.1) is 22.7 Å². The van der Waals surface area contributed by atoms with Gasteiger partial charge in [0.15, 0.2) is 0 Å². The summed E-state index contributed by atoms with van der Waals surface area (Å²) in [5, 5.41) is 12.5. The molecule has 0 aromatic heterocycles. The van der Waals surface area contributed by atoms with Crippen LogP contribution in [0.2, 0.25) is 0 Å². The van der Waals surface area contributed by atoms with E-state index in [1.165, 1.54) is 19.3 Å². The Kier molecular flexibility index (Phi) is 18.4. The number of carbonyl (C=O) groups excluding carboxylic acids is 3. The fourth-order valence-electron chi connectivity index (χ4n) is 10.6. The molecule has 9 nitrogen and oxygen atoms in total. The van der Waals surface area contributed by atoms with Crippen LogP contribution < -0.4 is 20.9 Å². The number of hydrogen-bond acceptors (Lipinski definition) is 5. The molecule has 2 heterocycles. The van der Waals surface area contributed by atoms with E-state index in [-0.39, 0.29) is 36.0 Å². The first-order valence-corrected chi connectivity index (χ1v) is 24.4. The van der Waals surface area contributed by atoms with Crippen LogP contribution in [0.1, 0.15) is 161 Å². The average molecular weight is 899 g/mol. The predicted molar refractivity (Wildman–Crippen MR) is 271 cm³/mol. The van der Waals surface area contributed by atoms with E-state index in [4.69, 9.17) is 5.73 Å². The second kappa shape index (κ2) is 23.4. The summed E-state index contributed by atoms with van der Waals surface area (Å²) in [6.45, 7) is 8.95. The minimum Gasteiger partial charge on any atom is -0.481 e. The Labute approximate surface area is 395 Å². The molecule has 2 aliphatic heterocycles. The third-order valence-corrected chi connectivity index (χ3v) is 14.6. The Bertz CT molecular complexity index is 2200. The second-order valence-electron chi connectivity index (χ2n) is 19.9. The van der Waals surface area contributed by atoms with E-state index in [9.17, 15) is 24.3 Å². The van der Waals surface area contributed by atoms with Gasteiger partial charge in [-0.1, -0.05) is 184 Å². The Hall–Kier alpha value is -5.28. The summed E-state index contributed by atoms with van der Waals surface area (Å²) < 4.78 is 0. The molecule has 2 fully saturated rings. The average Bonchev–Trinajstić information content (AvgIpc) is 3.99. The number of carboxylic acid groups (broad SMARTS) is 1. The van der Waals surface area contributed by atoms with Crippen molar-refractivity contribution in [2.45, 2.75) is 150 Å². The molecule has 4 aliphatic rings. The quantitative estimate of drug-likeness (QED) is 0.114. The molecular formula is C57H78N4O5. The summed E-state index contributed by atoms with van der Waals surface area (Å²) in [6, 6.07) is 30.4. The van der Waals surface area contributed by atoms with Crippen molar-refractivity contribution in [2.75, 3.05) is 23.9 Å². The van der Waals surface area contributed by atoms with E-state index in [0.717, 1.165) is 134 Å². The smallest absolute Gasteiger partial charge is 0.309 e. The number of rotatable bonds is 13. The Morgan fingerprint density at radius 1 is 0.606 bits per heavy atom. The number of unbranched alkanes of at least 4 members (excludes halogenated alkanes) is 2. The van der Waals surface area contributed by atoms with Crippen LogP contribution in [-0.4, -0.2) is 42.9 Å². The second-order valence-corrected chi connectivity index (χ2v) is 19.9. The van der Waals surface area contributed by atoms with Gasteiger partial charge in [0.25, 0.3) is 5.91 Å². The molecule has 0 spiro atoms. The number of nitrogens with two attached hydrogens (primary N) is 1. The van der Waals surface area contributed by atoms with Gasteiger partial charge in [0.05, 0.1) is 16.8 Å². The molecule has 9 heteroatoms. The number of likely N-dealkylation sites (N-methyl/N-ethyl adjacent to an activating group) is 2. The van der Waals surface area contributed by atoms with Crippen molar-refractivity contribution in [1.82, 2.24) is 5.32 Å². The maximum Gasteiger partial charge on any atom is 0.309 e. The molecule has 66 heavy (non-hydrogen) atoms. The van der Waals surface area contributed by atoms with E-state index >= 15 is 0 Å². The predicted octanol–water partition coefficient (Wildman–Crippen LogP) is 13.1. The van der Waals surface area contributed by atoms with Gasteiger partial charge in [0.2, 0.25) is 11.8 Å². The highest BCUT2D eigenvalue weighted by atomic mass is 16.4. The van der Waals surface area contributed by atoms with Crippen LogP contribution in [0.5, 0.6) is 0 Å². The summed E-state index contributed by atoms with van der Waals surface area (Å²) >= 11 is 0. The van der Waals surface area contributed by atoms with Gasteiger partial charge in [-0.05, 0) is 84.7 Å². The van der Waals surface area contributed by atoms with Crippen LogP contribution in [0.3, 0.4) is 0 Å². The number of benzene rings is 4. The van der Waals surface area contributed by atoms with Gasteiger partial charge < -0.3 is 26.0 Å². The van der Waals surface area contributed by atoms with E-state index < -0.39 is 18.1 Å². The first-order valence-electron chi connectivity index (χ1n) is 24.4. The molecule has 2 atom stereocenters. The highest BCUT2D eigenvalue weighted by Gasteiger charge is 2.44. The lowest BCUT2D eigenvalue weighted by Crippen LogP contribution is -2.46. The van der Waals surface area contributed by atoms with Crippen LogP contribution in [-0.2, 0) is 19.2 Å². The molecule has 8 rings (SSSR count). The molecule has 4 aromatic carbocycles. The van der Waals surface area contributed by atoms with Crippen molar-refractivity contribution >= 4 is 35.1 Å². The first kappa shape index (κ1) is 51.7. The molecular weight excluding hydrogens is 821 g/mol. The summed E-state index contributed by atoms with van der Waals surface area (Å²) in [7, 11) is 3.58. The van der Waals surface area contributed by atoms with Gasteiger partial charge >= 0.3 is 5.97 Å². The zero-order chi connectivity index (χ0) is 46.7. The number of para-hydroxylation sites is 2. The van der Waals surface area contributed by atoms with Crippen molar-refractivity contribution in [1.29, 1.82) is 0 Å². The zero-order valence-electron chi connectivity index (χ0n) is 39.9. The van der Waals surface area contributed by atoms with Crippen LogP contribution in [0.4, 0.5) is 11.4 Å². The number of carbonyl (C=O) groups is 4. The van der Waals surface area contributed by atoms with E-state index in [2.05, 4.69) is 45.1 Å². The van der Waals surface area contributed by atoms with Crippen molar-refractivity contribution in [3.05, 3.63) is 108 Å². The van der Waals surface area contributed by atoms with Gasteiger partial charge in [0.1, 0.15) is 12.1 Å². The van der Waals surface area contributed by atoms with Gasteiger partial charge in [0, 0.05) is 30.6 Å². The third-order valence-electron chi connectivity index (χ3n) is 14.6. The van der Waals surface area contributed by atoms with Gasteiger partial charge in [-0.25, -0.2) is 0 Å². The lowest BCUT2D eigenvalue weighted by Gasteiger charge is -2.31. The Balaban J connectivity index is 0.000000203.